The Bertz CT molecular complexity index is 969. The predicted octanol–water partition coefficient (Wildman–Crippen LogP) is 1.50. The van der Waals surface area contributed by atoms with Crippen LogP contribution >= 0.6 is 11.8 Å². The third kappa shape index (κ3) is 5.72. The minimum absolute atomic E-state index is 0.00480. The van der Waals surface area contributed by atoms with Gasteiger partial charge >= 0.3 is 12.1 Å². The molecule has 3 rings (SSSR count). The van der Waals surface area contributed by atoms with Crippen LogP contribution in [0.1, 0.15) is 15.9 Å². The van der Waals surface area contributed by atoms with Crippen molar-refractivity contribution in [3.63, 3.8) is 0 Å². The molecule has 0 unspecified atom stereocenters. The summed E-state index contributed by atoms with van der Waals surface area (Å²) in [5.74, 6) is -1.75. The van der Waals surface area contributed by atoms with Crippen LogP contribution in [0.25, 0.3) is 0 Å². The monoisotopic (exact) mass is 444 g/mol. The van der Waals surface area contributed by atoms with E-state index in [1.807, 2.05) is 0 Å². The van der Waals surface area contributed by atoms with Crippen molar-refractivity contribution in [2.45, 2.75) is 18.5 Å². The number of rotatable bonds is 7. The maximum Gasteiger partial charge on any atom is 0.408 e. The van der Waals surface area contributed by atoms with Crippen LogP contribution in [0.15, 0.2) is 48.8 Å². The summed E-state index contributed by atoms with van der Waals surface area (Å²) in [6, 6.07) is 7.70. The van der Waals surface area contributed by atoms with Crippen LogP contribution in [0.5, 0.6) is 0 Å². The van der Waals surface area contributed by atoms with Crippen molar-refractivity contribution < 1.29 is 29.4 Å². The lowest BCUT2D eigenvalue weighted by molar-refractivity contribution is -0.142. The van der Waals surface area contributed by atoms with Gasteiger partial charge in [-0.25, -0.2) is 9.59 Å². The quantitative estimate of drug-likeness (QED) is 0.502. The molecule has 1 aromatic heterocycles. The lowest BCUT2D eigenvalue weighted by Gasteiger charge is -2.22. The second-order valence-corrected chi connectivity index (χ2v) is 7.76. The van der Waals surface area contributed by atoms with Gasteiger partial charge in [-0.05, 0) is 29.8 Å². The van der Waals surface area contributed by atoms with Crippen molar-refractivity contribution in [2.24, 2.45) is 0 Å². The number of nitrogens with zero attached hydrogens (tertiary/aromatic N) is 2. The van der Waals surface area contributed by atoms with Crippen LogP contribution in [0, 0.1) is 0 Å². The first-order chi connectivity index (χ1) is 14.8. The summed E-state index contributed by atoms with van der Waals surface area (Å²) < 4.78 is 0. The lowest BCUT2D eigenvalue weighted by atomic mass is 10.0. The van der Waals surface area contributed by atoms with Crippen LogP contribution in [-0.2, 0) is 16.0 Å². The van der Waals surface area contributed by atoms with Gasteiger partial charge in [0.05, 0.1) is 11.4 Å². The number of pyridine rings is 1. The molecule has 1 aliphatic heterocycles. The Kier molecular flexibility index (Phi) is 7.08. The largest absolute Gasteiger partial charge is 0.480 e. The zero-order valence-electron chi connectivity index (χ0n) is 16.2. The summed E-state index contributed by atoms with van der Waals surface area (Å²) in [4.78, 5) is 52.3. The zero-order chi connectivity index (χ0) is 22.4. The van der Waals surface area contributed by atoms with E-state index in [0.717, 1.165) is 4.90 Å². The molecule has 0 bridgehead atoms. The summed E-state index contributed by atoms with van der Waals surface area (Å²) in [6.45, 7) is 0. The number of thioether (sulfide) groups is 1. The smallest absolute Gasteiger partial charge is 0.408 e. The van der Waals surface area contributed by atoms with Crippen LogP contribution < -0.4 is 10.6 Å². The van der Waals surface area contributed by atoms with Crippen molar-refractivity contribution in [3.05, 3.63) is 59.9 Å². The molecule has 0 saturated carbocycles. The second kappa shape index (κ2) is 9.94. The first-order valence-electron chi connectivity index (χ1n) is 9.26. The predicted molar refractivity (Wildman–Crippen MR) is 113 cm³/mol. The molecular weight excluding hydrogens is 424 g/mol. The van der Waals surface area contributed by atoms with Gasteiger partial charge in [0.15, 0.2) is 0 Å². The Morgan fingerprint density at radius 2 is 1.90 bits per heavy atom. The molecule has 0 spiro atoms. The van der Waals surface area contributed by atoms with Crippen LogP contribution in [0.4, 0.5) is 10.5 Å². The van der Waals surface area contributed by atoms with Gasteiger partial charge < -0.3 is 20.8 Å². The molecule has 31 heavy (non-hydrogen) atoms. The van der Waals surface area contributed by atoms with Crippen molar-refractivity contribution in [2.75, 3.05) is 16.9 Å². The van der Waals surface area contributed by atoms with E-state index >= 15 is 0 Å². The lowest BCUT2D eigenvalue weighted by Crippen LogP contribution is -2.52. The topological polar surface area (TPSA) is 149 Å². The van der Waals surface area contributed by atoms with E-state index < -0.39 is 30.1 Å². The average Bonchev–Trinajstić information content (AvgIpc) is 3.25. The Balaban J connectivity index is 1.61. The molecular formula is C20H20N4O6S. The highest BCUT2D eigenvalue weighted by molar-refractivity contribution is 7.99. The van der Waals surface area contributed by atoms with Gasteiger partial charge in [-0.2, -0.15) is 0 Å². The average molecular weight is 444 g/mol. The van der Waals surface area contributed by atoms with E-state index in [0.29, 0.717) is 16.8 Å². The van der Waals surface area contributed by atoms with E-state index in [4.69, 9.17) is 5.11 Å². The Morgan fingerprint density at radius 1 is 1.16 bits per heavy atom. The van der Waals surface area contributed by atoms with Gasteiger partial charge in [0.2, 0.25) is 5.91 Å². The molecule has 3 amide bonds. The Labute approximate surface area is 181 Å². The van der Waals surface area contributed by atoms with E-state index in [1.165, 1.54) is 18.0 Å². The molecule has 2 heterocycles. The fourth-order valence-electron chi connectivity index (χ4n) is 2.98. The van der Waals surface area contributed by atoms with Gasteiger partial charge in [0.25, 0.3) is 5.91 Å². The highest BCUT2D eigenvalue weighted by atomic mass is 32.2. The Hall–Kier alpha value is -3.60. The van der Waals surface area contributed by atoms with Gasteiger partial charge in [-0.15, -0.1) is 11.8 Å². The third-order valence-corrected chi connectivity index (χ3v) is 5.63. The summed E-state index contributed by atoms with van der Waals surface area (Å²) in [6.07, 6.45) is 1.79. The van der Waals surface area contributed by atoms with Gasteiger partial charge in [0.1, 0.15) is 12.1 Å². The van der Waals surface area contributed by atoms with Crippen LogP contribution in [0.3, 0.4) is 0 Å². The van der Waals surface area contributed by atoms with E-state index in [2.05, 4.69) is 15.6 Å². The van der Waals surface area contributed by atoms with Crippen LogP contribution in [-0.4, -0.2) is 67.7 Å². The number of hydrogen-bond donors (Lipinski definition) is 4. The van der Waals surface area contributed by atoms with Gasteiger partial charge in [0, 0.05) is 30.3 Å². The SMILES string of the molecule is O=C(Nc1ccc(C[C@H](NC(=O)[C@H]2CSCN2C(=O)O)C(=O)O)cc1)c1cccnc1. The number of nitrogens with one attached hydrogen (secondary N) is 2. The van der Waals surface area contributed by atoms with Crippen molar-refractivity contribution in [1.82, 2.24) is 15.2 Å². The maximum atomic E-state index is 12.4. The number of carboxylic acid groups (broad SMARTS) is 2. The minimum Gasteiger partial charge on any atom is -0.480 e. The fraction of sp³-hybridized carbons (Fsp3) is 0.250. The van der Waals surface area contributed by atoms with Crippen LogP contribution in [0.2, 0.25) is 0 Å². The molecule has 4 N–H and O–H groups in total. The number of aliphatic carboxylic acids is 1. The molecule has 1 fully saturated rings. The van der Waals surface area contributed by atoms with Gasteiger partial charge in [-0.3, -0.25) is 19.5 Å². The fourth-order valence-corrected chi connectivity index (χ4v) is 4.12. The summed E-state index contributed by atoms with van der Waals surface area (Å²) in [7, 11) is 0. The number of hydrogen-bond acceptors (Lipinski definition) is 6. The summed E-state index contributed by atoms with van der Waals surface area (Å²) in [5, 5.41) is 23.8. The molecule has 1 aliphatic rings. The second-order valence-electron chi connectivity index (χ2n) is 6.76. The standard InChI is InChI=1S/C20H20N4O6S/c25-17(13-2-1-7-21-9-13)22-14-5-3-12(4-6-14)8-15(19(27)28)23-18(26)16-10-31-11-24(16)20(29)30/h1-7,9,15-16H,8,10-11H2,(H,22,25)(H,23,26)(H,27,28)(H,29,30)/t15-,16+/m0/s1. The van der Waals surface area contributed by atoms with E-state index in [-0.39, 0.29) is 24.0 Å². The van der Waals surface area contributed by atoms with Crippen molar-refractivity contribution in [1.29, 1.82) is 0 Å². The number of carbonyl (C=O) groups is 4. The summed E-state index contributed by atoms with van der Waals surface area (Å²) >= 11 is 1.29. The Morgan fingerprint density at radius 3 is 2.52 bits per heavy atom. The molecule has 10 nitrogen and oxygen atoms in total. The number of amides is 3. The zero-order valence-corrected chi connectivity index (χ0v) is 17.0. The van der Waals surface area contributed by atoms with E-state index in [1.54, 1.807) is 42.6 Å². The molecule has 11 heteroatoms. The minimum atomic E-state index is -1.23. The highest BCUT2D eigenvalue weighted by Gasteiger charge is 2.36. The molecule has 1 aromatic carbocycles. The maximum absolute atomic E-state index is 12.4. The normalized spacial score (nSPS) is 16.4. The molecule has 2 aromatic rings. The van der Waals surface area contributed by atoms with E-state index in [9.17, 15) is 24.3 Å². The molecule has 162 valence electrons. The molecule has 1 saturated heterocycles. The molecule has 2 atom stereocenters. The highest BCUT2D eigenvalue weighted by Crippen LogP contribution is 2.21. The first-order valence-corrected chi connectivity index (χ1v) is 10.4. The number of carbonyl (C=O) groups excluding carboxylic acids is 2. The number of aromatic nitrogens is 1. The van der Waals surface area contributed by atoms with Gasteiger partial charge in [-0.1, -0.05) is 12.1 Å². The molecule has 0 aliphatic carbocycles. The summed E-state index contributed by atoms with van der Waals surface area (Å²) in [5.41, 5.74) is 1.55. The number of anilines is 1. The number of benzene rings is 1. The van der Waals surface area contributed by atoms with Crippen molar-refractivity contribution >= 4 is 41.3 Å². The third-order valence-electron chi connectivity index (χ3n) is 4.62. The first kappa shape index (κ1) is 22.1. The van der Waals surface area contributed by atoms with Crippen molar-refractivity contribution in [3.8, 4) is 0 Å². The molecule has 0 radical (unpaired) electrons. The number of carboxylic acids is 1.